The third-order valence-corrected chi connectivity index (χ3v) is 2.20. The number of aliphatic hydroxyl groups is 1. The van der Waals surface area contributed by atoms with Crippen LogP contribution >= 0.6 is 0 Å². The topological polar surface area (TPSA) is 41.5 Å². The first-order chi connectivity index (χ1) is 8.24. The lowest BCUT2D eigenvalue weighted by Crippen LogP contribution is -2.17. The van der Waals surface area contributed by atoms with E-state index in [1.807, 2.05) is 0 Å². The van der Waals surface area contributed by atoms with E-state index in [4.69, 9.17) is 9.84 Å². The van der Waals surface area contributed by atoms with Gasteiger partial charge in [-0.1, -0.05) is 0 Å². The van der Waals surface area contributed by atoms with Gasteiger partial charge in [0, 0.05) is 18.7 Å². The molecule has 0 aliphatic rings. The second-order valence-corrected chi connectivity index (χ2v) is 3.60. The SMILES string of the molecule is OCCOCCCNCc1cc(F)ccc1F. The van der Waals surface area contributed by atoms with Crippen molar-refractivity contribution in [3.05, 3.63) is 35.4 Å². The number of hydrogen-bond acceptors (Lipinski definition) is 3. The molecule has 0 amide bonds. The fourth-order valence-electron chi connectivity index (χ4n) is 1.37. The van der Waals surface area contributed by atoms with Crippen molar-refractivity contribution in [3.63, 3.8) is 0 Å². The van der Waals surface area contributed by atoms with Crippen molar-refractivity contribution in [2.75, 3.05) is 26.4 Å². The van der Waals surface area contributed by atoms with E-state index in [1.165, 1.54) is 6.07 Å². The maximum atomic E-state index is 13.2. The molecule has 0 radical (unpaired) electrons. The van der Waals surface area contributed by atoms with E-state index in [0.717, 1.165) is 18.6 Å². The monoisotopic (exact) mass is 245 g/mol. The summed E-state index contributed by atoms with van der Waals surface area (Å²) in [5, 5.41) is 11.5. The molecule has 0 spiro atoms. The Labute approximate surface area is 99.4 Å². The summed E-state index contributed by atoms with van der Waals surface area (Å²) in [7, 11) is 0. The number of rotatable bonds is 8. The predicted molar refractivity (Wildman–Crippen MR) is 60.6 cm³/mol. The van der Waals surface area contributed by atoms with Gasteiger partial charge in [0.25, 0.3) is 0 Å². The van der Waals surface area contributed by atoms with Crippen LogP contribution in [-0.4, -0.2) is 31.5 Å². The Morgan fingerprint density at radius 3 is 2.82 bits per heavy atom. The first kappa shape index (κ1) is 14.0. The highest BCUT2D eigenvalue weighted by Gasteiger charge is 2.02. The van der Waals surface area contributed by atoms with Crippen molar-refractivity contribution in [2.24, 2.45) is 0 Å². The van der Waals surface area contributed by atoms with Crippen LogP contribution in [0.2, 0.25) is 0 Å². The lowest BCUT2D eigenvalue weighted by atomic mass is 10.2. The highest BCUT2D eigenvalue weighted by molar-refractivity contribution is 5.18. The van der Waals surface area contributed by atoms with Gasteiger partial charge in [0.15, 0.2) is 0 Å². The van der Waals surface area contributed by atoms with E-state index in [-0.39, 0.29) is 6.61 Å². The fraction of sp³-hybridized carbons (Fsp3) is 0.500. The summed E-state index contributed by atoms with van der Waals surface area (Å²) < 4.78 is 31.1. The van der Waals surface area contributed by atoms with Gasteiger partial charge in [-0.2, -0.15) is 0 Å². The van der Waals surface area contributed by atoms with E-state index in [2.05, 4.69) is 5.32 Å². The Kier molecular flexibility index (Phi) is 6.69. The molecule has 0 saturated heterocycles. The Hall–Kier alpha value is -1.04. The number of benzene rings is 1. The third kappa shape index (κ3) is 5.72. The Morgan fingerprint density at radius 2 is 2.06 bits per heavy atom. The van der Waals surface area contributed by atoms with Crippen LogP contribution in [0.5, 0.6) is 0 Å². The van der Waals surface area contributed by atoms with Crippen LogP contribution in [0, 0.1) is 11.6 Å². The molecule has 0 atom stereocenters. The quantitative estimate of drug-likeness (QED) is 0.681. The molecule has 0 saturated carbocycles. The van der Waals surface area contributed by atoms with Crippen molar-refractivity contribution >= 4 is 0 Å². The molecular formula is C12H17F2NO2. The van der Waals surface area contributed by atoms with Gasteiger partial charge in [-0.15, -0.1) is 0 Å². The molecule has 1 rings (SSSR count). The molecule has 5 heteroatoms. The maximum absolute atomic E-state index is 13.2. The van der Waals surface area contributed by atoms with Crippen LogP contribution in [-0.2, 0) is 11.3 Å². The molecule has 0 unspecified atom stereocenters. The van der Waals surface area contributed by atoms with Crippen LogP contribution in [0.15, 0.2) is 18.2 Å². The minimum Gasteiger partial charge on any atom is -0.394 e. The zero-order valence-electron chi connectivity index (χ0n) is 9.59. The van der Waals surface area contributed by atoms with E-state index < -0.39 is 11.6 Å². The molecule has 96 valence electrons. The summed E-state index contributed by atoms with van der Waals surface area (Å²) in [5.41, 5.74) is 0.321. The first-order valence-corrected chi connectivity index (χ1v) is 5.57. The molecule has 0 aromatic heterocycles. The van der Waals surface area contributed by atoms with Crippen molar-refractivity contribution in [2.45, 2.75) is 13.0 Å². The molecular weight excluding hydrogens is 228 g/mol. The summed E-state index contributed by atoms with van der Waals surface area (Å²) >= 11 is 0. The van der Waals surface area contributed by atoms with Crippen LogP contribution in [0.3, 0.4) is 0 Å². The van der Waals surface area contributed by atoms with Gasteiger partial charge in [-0.25, -0.2) is 8.78 Å². The van der Waals surface area contributed by atoms with Gasteiger partial charge >= 0.3 is 0 Å². The van der Waals surface area contributed by atoms with Gasteiger partial charge in [-0.3, -0.25) is 0 Å². The average molecular weight is 245 g/mol. The number of halogens is 2. The Balaban J connectivity index is 2.15. The lowest BCUT2D eigenvalue weighted by Gasteiger charge is -2.06. The Morgan fingerprint density at radius 1 is 1.24 bits per heavy atom. The number of nitrogens with one attached hydrogen (secondary N) is 1. The van der Waals surface area contributed by atoms with Gasteiger partial charge < -0.3 is 15.2 Å². The van der Waals surface area contributed by atoms with Crippen LogP contribution in [0.25, 0.3) is 0 Å². The first-order valence-electron chi connectivity index (χ1n) is 5.57. The molecule has 0 aliphatic heterocycles. The molecule has 17 heavy (non-hydrogen) atoms. The highest BCUT2D eigenvalue weighted by Crippen LogP contribution is 2.08. The third-order valence-electron chi connectivity index (χ3n) is 2.20. The zero-order valence-corrected chi connectivity index (χ0v) is 9.59. The summed E-state index contributed by atoms with van der Waals surface area (Å²) in [6, 6.07) is 3.41. The van der Waals surface area contributed by atoms with Crippen molar-refractivity contribution in [3.8, 4) is 0 Å². The van der Waals surface area contributed by atoms with E-state index in [0.29, 0.717) is 31.9 Å². The second-order valence-electron chi connectivity index (χ2n) is 3.60. The molecule has 0 fully saturated rings. The summed E-state index contributed by atoms with van der Waals surface area (Å²) in [4.78, 5) is 0. The molecule has 1 aromatic carbocycles. The molecule has 1 aromatic rings. The number of hydrogen-bond donors (Lipinski definition) is 2. The molecule has 3 nitrogen and oxygen atoms in total. The highest BCUT2D eigenvalue weighted by atomic mass is 19.1. The lowest BCUT2D eigenvalue weighted by molar-refractivity contribution is 0.0907. The van der Waals surface area contributed by atoms with E-state index >= 15 is 0 Å². The molecule has 2 N–H and O–H groups in total. The molecule has 0 aliphatic carbocycles. The molecule has 0 heterocycles. The van der Waals surface area contributed by atoms with Crippen LogP contribution in [0.4, 0.5) is 8.78 Å². The van der Waals surface area contributed by atoms with Gasteiger partial charge in [0.05, 0.1) is 13.2 Å². The minimum absolute atomic E-state index is 0.0158. The van der Waals surface area contributed by atoms with Gasteiger partial charge in [0.1, 0.15) is 11.6 Å². The van der Waals surface area contributed by atoms with Gasteiger partial charge in [0.2, 0.25) is 0 Å². The predicted octanol–water partition coefficient (Wildman–Crippen LogP) is 1.45. The fourth-order valence-corrected chi connectivity index (χ4v) is 1.37. The number of aliphatic hydroxyl groups excluding tert-OH is 1. The summed E-state index contributed by atoms with van der Waals surface area (Å²) in [6.45, 7) is 1.84. The van der Waals surface area contributed by atoms with E-state index in [9.17, 15) is 8.78 Å². The van der Waals surface area contributed by atoms with E-state index in [1.54, 1.807) is 0 Å². The second kappa shape index (κ2) is 8.11. The standard InChI is InChI=1S/C12H17F2NO2/c13-11-2-3-12(14)10(8-11)9-15-4-1-6-17-7-5-16/h2-3,8,15-16H,1,4-7,9H2. The average Bonchev–Trinajstić information content (AvgIpc) is 2.32. The summed E-state index contributed by atoms with van der Waals surface area (Å²) in [5.74, 6) is -0.843. The van der Waals surface area contributed by atoms with Crippen LogP contribution < -0.4 is 5.32 Å². The van der Waals surface area contributed by atoms with Crippen molar-refractivity contribution in [1.82, 2.24) is 5.32 Å². The Bertz CT molecular complexity index is 334. The zero-order chi connectivity index (χ0) is 12.5. The largest absolute Gasteiger partial charge is 0.394 e. The minimum atomic E-state index is -0.436. The normalized spacial score (nSPS) is 10.8. The maximum Gasteiger partial charge on any atom is 0.127 e. The van der Waals surface area contributed by atoms with Gasteiger partial charge in [-0.05, 0) is 31.2 Å². The van der Waals surface area contributed by atoms with Crippen LogP contribution in [0.1, 0.15) is 12.0 Å². The molecule has 0 bridgehead atoms. The number of ether oxygens (including phenoxy) is 1. The smallest absolute Gasteiger partial charge is 0.127 e. The van der Waals surface area contributed by atoms with Crippen molar-refractivity contribution in [1.29, 1.82) is 0 Å². The van der Waals surface area contributed by atoms with Crippen molar-refractivity contribution < 1.29 is 18.6 Å². The summed E-state index contributed by atoms with van der Waals surface area (Å²) in [6.07, 6.45) is 0.761.